The molecule has 3 nitrogen and oxygen atoms in total. The third-order valence-electron chi connectivity index (χ3n) is 0.900. The van der Waals surface area contributed by atoms with Crippen molar-refractivity contribution >= 4 is 0 Å². The van der Waals surface area contributed by atoms with E-state index in [0.717, 1.165) is 0 Å². The smallest absolute Gasteiger partial charge is 0.168 e. The lowest BCUT2D eigenvalue weighted by Gasteiger charge is -2.06. The number of hydrogen-bond acceptors (Lipinski definition) is 3. The molecule has 0 fully saturated rings. The van der Waals surface area contributed by atoms with Gasteiger partial charge in [-0.25, -0.2) is 0 Å². The predicted octanol–water partition coefficient (Wildman–Crippen LogP) is 0.731. The monoisotopic (exact) mass is 136 g/mol. The summed E-state index contributed by atoms with van der Waals surface area (Å²) in [5.41, 5.74) is -1.17. The first-order valence-corrected chi connectivity index (χ1v) is 2.75. The van der Waals surface area contributed by atoms with Crippen molar-refractivity contribution in [1.29, 1.82) is 10.5 Å². The van der Waals surface area contributed by atoms with Gasteiger partial charge in [-0.2, -0.15) is 10.5 Å². The van der Waals surface area contributed by atoms with Gasteiger partial charge in [-0.15, -0.1) is 0 Å². The van der Waals surface area contributed by atoms with Gasteiger partial charge in [-0.3, -0.25) is 0 Å². The highest BCUT2D eigenvalue weighted by atomic mass is 16.3. The Morgan fingerprint density at radius 1 is 1.60 bits per heavy atom. The van der Waals surface area contributed by atoms with E-state index >= 15 is 0 Å². The van der Waals surface area contributed by atoms with Gasteiger partial charge in [0.05, 0.1) is 6.07 Å². The van der Waals surface area contributed by atoms with E-state index in [9.17, 15) is 0 Å². The molecular weight excluding hydrogens is 128 g/mol. The summed E-state index contributed by atoms with van der Waals surface area (Å²) in [6.45, 7) is 2.86. The molecule has 1 unspecified atom stereocenters. The van der Waals surface area contributed by atoms with Crippen LogP contribution >= 0.6 is 0 Å². The Hall–Kier alpha value is -1.32. The largest absolute Gasteiger partial charge is 0.372 e. The van der Waals surface area contributed by atoms with Gasteiger partial charge in [0, 0.05) is 5.57 Å². The molecule has 1 atom stereocenters. The first kappa shape index (κ1) is 8.68. The molecule has 0 saturated carbocycles. The molecule has 0 spiro atoms. The van der Waals surface area contributed by atoms with Crippen molar-refractivity contribution in [3.05, 3.63) is 11.6 Å². The minimum Gasteiger partial charge on any atom is -0.372 e. The minimum absolute atomic E-state index is 0.339. The molecule has 0 radical (unpaired) electrons. The van der Waals surface area contributed by atoms with Gasteiger partial charge in [0.1, 0.15) is 6.07 Å². The fourth-order valence-electron chi connectivity index (χ4n) is 0.486. The first-order valence-electron chi connectivity index (χ1n) is 2.75. The number of nitrogens with zero attached hydrogens (tertiary/aromatic N) is 2. The highest BCUT2D eigenvalue weighted by Crippen LogP contribution is 2.05. The van der Waals surface area contributed by atoms with E-state index in [1.54, 1.807) is 12.1 Å². The average Bonchev–Trinajstić information content (AvgIpc) is 1.87. The molecule has 0 bridgehead atoms. The second-order valence-electron chi connectivity index (χ2n) is 2.20. The number of allylic oxidation sites excluding steroid dienone is 1. The van der Waals surface area contributed by atoms with E-state index in [4.69, 9.17) is 15.6 Å². The lowest BCUT2D eigenvalue weighted by molar-refractivity contribution is 0.171. The lowest BCUT2D eigenvalue weighted by atomic mass is 10.1. The zero-order valence-electron chi connectivity index (χ0n) is 5.92. The van der Waals surface area contributed by atoms with E-state index in [1.807, 2.05) is 0 Å². The fourth-order valence-corrected chi connectivity index (χ4v) is 0.486. The summed E-state index contributed by atoms with van der Waals surface area (Å²) in [7, 11) is 0. The second-order valence-corrected chi connectivity index (χ2v) is 2.20. The zero-order chi connectivity index (χ0) is 8.20. The van der Waals surface area contributed by atoms with Gasteiger partial charge in [-0.1, -0.05) is 0 Å². The van der Waals surface area contributed by atoms with E-state index in [2.05, 4.69) is 0 Å². The van der Waals surface area contributed by atoms with Crippen molar-refractivity contribution in [2.45, 2.75) is 19.4 Å². The van der Waals surface area contributed by atoms with Crippen LogP contribution in [0.15, 0.2) is 11.6 Å². The molecule has 0 rings (SSSR count). The van der Waals surface area contributed by atoms with Gasteiger partial charge in [0.15, 0.2) is 5.60 Å². The normalized spacial score (nSPS) is 16.7. The Balaban J connectivity index is 4.47. The Morgan fingerprint density at radius 2 is 2.10 bits per heavy atom. The van der Waals surface area contributed by atoms with Crippen LogP contribution in [0.2, 0.25) is 0 Å². The van der Waals surface area contributed by atoms with E-state index in [-0.39, 0.29) is 0 Å². The van der Waals surface area contributed by atoms with Crippen LogP contribution in [0.1, 0.15) is 13.8 Å². The lowest BCUT2D eigenvalue weighted by Crippen LogP contribution is -2.17. The van der Waals surface area contributed by atoms with Gasteiger partial charge < -0.3 is 5.11 Å². The predicted molar refractivity (Wildman–Crippen MR) is 35.6 cm³/mol. The van der Waals surface area contributed by atoms with Crippen molar-refractivity contribution in [2.24, 2.45) is 0 Å². The molecule has 0 heterocycles. The van der Waals surface area contributed by atoms with Crippen LogP contribution in [0.4, 0.5) is 0 Å². The summed E-state index contributed by atoms with van der Waals surface area (Å²) >= 11 is 0. The Kier molecular flexibility index (Phi) is 2.61. The quantitative estimate of drug-likeness (QED) is 0.426. The van der Waals surface area contributed by atoms with Crippen molar-refractivity contribution in [3.8, 4) is 12.1 Å². The molecule has 3 heteroatoms. The molecule has 52 valence electrons. The van der Waals surface area contributed by atoms with Crippen LogP contribution < -0.4 is 0 Å². The van der Waals surface area contributed by atoms with Crippen LogP contribution in [0, 0.1) is 22.7 Å². The summed E-state index contributed by atoms with van der Waals surface area (Å²) in [6, 6.07) is 3.44. The molecule has 1 N–H and O–H groups in total. The molecule has 0 saturated heterocycles. The molecule has 0 amide bonds. The maximum Gasteiger partial charge on any atom is 0.168 e. The first-order chi connectivity index (χ1) is 4.52. The van der Waals surface area contributed by atoms with Gasteiger partial charge in [0.2, 0.25) is 0 Å². The third-order valence-corrected chi connectivity index (χ3v) is 0.900. The van der Waals surface area contributed by atoms with Crippen LogP contribution in [0.25, 0.3) is 0 Å². The molecule has 0 aliphatic carbocycles. The molecule has 0 aromatic carbocycles. The zero-order valence-corrected chi connectivity index (χ0v) is 5.92. The van der Waals surface area contributed by atoms with E-state index in [1.165, 1.54) is 19.9 Å². The second kappa shape index (κ2) is 3.00. The molecular formula is C7H8N2O. The van der Waals surface area contributed by atoms with Crippen molar-refractivity contribution in [2.75, 3.05) is 0 Å². The Morgan fingerprint density at radius 3 is 2.40 bits per heavy atom. The molecule has 0 aromatic rings. The van der Waals surface area contributed by atoms with Gasteiger partial charge in [-0.05, 0) is 19.9 Å². The summed E-state index contributed by atoms with van der Waals surface area (Å²) in [5, 5.41) is 25.6. The highest BCUT2D eigenvalue weighted by Gasteiger charge is 2.14. The van der Waals surface area contributed by atoms with Gasteiger partial charge in [0.25, 0.3) is 0 Å². The maximum absolute atomic E-state index is 9.04. The SMILES string of the molecule is C/C(C#N)=C/C(C)(O)C#N. The van der Waals surface area contributed by atoms with Gasteiger partial charge >= 0.3 is 0 Å². The van der Waals surface area contributed by atoms with Crippen molar-refractivity contribution < 1.29 is 5.11 Å². The Bertz CT molecular complexity index is 227. The van der Waals surface area contributed by atoms with E-state index < -0.39 is 5.60 Å². The average molecular weight is 136 g/mol. The summed E-state index contributed by atoms with van der Waals surface area (Å²) < 4.78 is 0. The fraction of sp³-hybridized carbons (Fsp3) is 0.429. The highest BCUT2D eigenvalue weighted by molar-refractivity contribution is 5.25. The van der Waals surface area contributed by atoms with Crippen LogP contribution in [-0.4, -0.2) is 10.7 Å². The summed E-state index contributed by atoms with van der Waals surface area (Å²) in [4.78, 5) is 0. The van der Waals surface area contributed by atoms with Crippen molar-refractivity contribution in [3.63, 3.8) is 0 Å². The molecule has 0 aliphatic heterocycles. The third kappa shape index (κ3) is 2.86. The van der Waals surface area contributed by atoms with Crippen LogP contribution in [-0.2, 0) is 0 Å². The topological polar surface area (TPSA) is 67.8 Å². The van der Waals surface area contributed by atoms with Crippen molar-refractivity contribution in [1.82, 2.24) is 0 Å². The molecule has 0 aromatic heterocycles. The van der Waals surface area contributed by atoms with Crippen LogP contribution in [0.3, 0.4) is 0 Å². The summed E-state index contributed by atoms with van der Waals surface area (Å²) in [5.74, 6) is 0. The standard InChI is InChI=1S/C7H8N2O/c1-6(4-8)3-7(2,10)5-9/h3,10H,1-2H3/b6-3-. The number of rotatable bonds is 1. The maximum atomic E-state index is 9.04. The number of nitriles is 2. The van der Waals surface area contributed by atoms with Crippen LogP contribution in [0.5, 0.6) is 0 Å². The summed E-state index contributed by atoms with van der Waals surface area (Å²) in [6.07, 6.45) is 1.22. The number of aliphatic hydroxyl groups is 1. The molecule has 0 aliphatic rings. The number of hydrogen-bond donors (Lipinski definition) is 1. The van der Waals surface area contributed by atoms with E-state index in [0.29, 0.717) is 5.57 Å². The minimum atomic E-state index is -1.51. The molecule has 10 heavy (non-hydrogen) atoms. The Labute approximate surface area is 59.8 Å².